The number of para-hydroxylation sites is 2. The van der Waals surface area contributed by atoms with E-state index >= 15 is 0 Å². The summed E-state index contributed by atoms with van der Waals surface area (Å²) in [6, 6.07) is 8.94. The van der Waals surface area contributed by atoms with Crippen LogP contribution in [0.2, 0.25) is 0 Å². The number of benzene rings is 1. The predicted molar refractivity (Wildman–Crippen MR) is 93.4 cm³/mol. The fraction of sp³-hybridized carbons (Fsp3) is 0.167. The second-order valence-electron chi connectivity index (χ2n) is 5.20. The molecular weight excluding hydrogens is 322 g/mol. The van der Waals surface area contributed by atoms with E-state index in [4.69, 9.17) is 9.47 Å². The number of pyridine rings is 1. The Kier molecular flexibility index (Phi) is 4.65. The normalized spacial score (nSPS) is 14.0. The maximum absolute atomic E-state index is 12.2. The van der Waals surface area contributed by atoms with E-state index in [-0.39, 0.29) is 12.5 Å². The molecule has 1 aromatic carbocycles. The fourth-order valence-electron chi connectivity index (χ4n) is 2.45. The lowest BCUT2D eigenvalue weighted by atomic mass is 10.1. The maximum atomic E-state index is 12.2. The number of nitrogens with zero attached hydrogens (tertiary/aromatic N) is 1. The largest absolute Gasteiger partial charge is 0.495 e. The van der Waals surface area contributed by atoms with E-state index in [0.29, 0.717) is 34.0 Å². The monoisotopic (exact) mass is 339 g/mol. The molecule has 0 unspecified atom stereocenters. The van der Waals surface area contributed by atoms with Gasteiger partial charge in [0.1, 0.15) is 11.6 Å². The lowest BCUT2D eigenvalue weighted by molar-refractivity contribution is -0.110. The summed E-state index contributed by atoms with van der Waals surface area (Å²) < 4.78 is 10.2. The number of carbonyl (C=O) groups is 2. The van der Waals surface area contributed by atoms with Crippen LogP contribution in [0.15, 0.2) is 42.7 Å². The molecule has 25 heavy (non-hydrogen) atoms. The van der Waals surface area contributed by atoms with Gasteiger partial charge in [0.2, 0.25) is 0 Å². The molecule has 1 aliphatic heterocycles. The summed E-state index contributed by atoms with van der Waals surface area (Å²) in [5.41, 5.74) is 1.92. The summed E-state index contributed by atoms with van der Waals surface area (Å²) in [5, 5.41) is 5.73. The summed E-state index contributed by atoms with van der Waals surface area (Å²) >= 11 is 0. The van der Waals surface area contributed by atoms with E-state index in [0.717, 1.165) is 0 Å². The number of rotatable bonds is 5. The van der Waals surface area contributed by atoms with Crippen LogP contribution in [0.3, 0.4) is 0 Å². The van der Waals surface area contributed by atoms with E-state index in [9.17, 15) is 9.59 Å². The highest BCUT2D eigenvalue weighted by atomic mass is 16.5. The molecule has 0 spiro atoms. The molecular formula is C18H17N3O4. The minimum Gasteiger partial charge on any atom is -0.495 e. The van der Waals surface area contributed by atoms with Crippen molar-refractivity contribution < 1.29 is 19.1 Å². The van der Waals surface area contributed by atoms with Gasteiger partial charge in [-0.15, -0.1) is 0 Å². The van der Waals surface area contributed by atoms with Crippen molar-refractivity contribution in [2.24, 2.45) is 0 Å². The molecule has 0 fully saturated rings. The number of carbonyl (C=O) groups excluding carboxylic acids is 2. The van der Waals surface area contributed by atoms with Crippen molar-refractivity contribution in [2.45, 2.75) is 6.92 Å². The molecule has 0 saturated carbocycles. The van der Waals surface area contributed by atoms with Gasteiger partial charge in [-0.25, -0.2) is 9.78 Å². The van der Waals surface area contributed by atoms with Crippen molar-refractivity contribution in [3.63, 3.8) is 0 Å². The molecule has 1 amide bonds. The van der Waals surface area contributed by atoms with Gasteiger partial charge >= 0.3 is 5.97 Å². The molecule has 7 heteroatoms. The first-order valence-corrected chi connectivity index (χ1v) is 7.72. The zero-order chi connectivity index (χ0) is 17.8. The van der Waals surface area contributed by atoms with Gasteiger partial charge in [0, 0.05) is 18.0 Å². The van der Waals surface area contributed by atoms with Crippen LogP contribution in [-0.2, 0) is 9.53 Å². The summed E-state index contributed by atoms with van der Waals surface area (Å²) in [6.07, 6.45) is 2.95. The number of hydrogen-bond acceptors (Lipinski definition) is 6. The molecule has 3 rings (SSSR count). The van der Waals surface area contributed by atoms with Gasteiger partial charge in [-0.1, -0.05) is 12.1 Å². The van der Waals surface area contributed by atoms with Gasteiger partial charge in [-0.2, -0.15) is 0 Å². The van der Waals surface area contributed by atoms with Crippen molar-refractivity contribution in [3.05, 3.63) is 53.9 Å². The predicted octanol–water partition coefficient (Wildman–Crippen LogP) is 2.67. The molecule has 128 valence electrons. The third kappa shape index (κ3) is 3.30. The van der Waals surface area contributed by atoms with Crippen molar-refractivity contribution in [2.75, 3.05) is 24.4 Å². The molecule has 7 nitrogen and oxygen atoms in total. The Balaban J connectivity index is 1.92. The molecule has 0 saturated heterocycles. The van der Waals surface area contributed by atoms with E-state index < -0.39 is 5.97 Å². The number of esters is 1. The Morgan fingerprint density at radius 3 is 2.92 bits per heavy atom. The Bertz CT molecular complexity index is 861. The number of aromatic nitrogens is 1. The minimum absolute atomic E-state index is 0.269. The number of hydrogen-bond donors (Lipinski definition) is 2. The summed E-state index contributed by atoms with van der Waals surface area (Å²) in [4.78, 5) is 28.2. The summed E-state index contributed by atoms with van der Waals surface area (Å²) in [5.74, 6) is 0.280. The molecule has 0 bridgehead atoms. The Morgan fingerprint density at radius 2 is 2.16 bits per heavy atom. The Hall–Kier alpha value is -3.35. The average molecular weight is 339 g/mol. The smallest absolute Gasteiger partial charge is 0.339 e. The van der Waals surface area contributed by atoms with Crippen molar-refractivity contribution in [1.82, 2.24) is 4.98 Å². The van der Waals surface area contributed by atoms with Crippen LogP contribution in [0.25, 0.3) is 5.57 Å². The summed E-state index contributed by atoms with van der Waals surface area (Å²) in [6.45, 7) is 2.00. The number of fused-ring (bicyclic) bond motifs is 1. The zero-order valence-corrected chi connectivity index (χ0v) is 13.8. The molecule has 0 aliphatic carbocycles. The number of nitrogens with one attached hydrogen (secondary N) is 2. The van der Waals surface area contributed by atoms with Crippen LogP contribution in [0.5, 0.6) is 5.75 Å². The van der Waals surface area contributed by atoms with Crippen LogP contribution in [0, 0.1) is 0 Å². The minimum atomic E-state index is -0.478. The number of ether oxygens (including phenoxy) is 2. The molecule has 0 radical (unpaired) electrons. The third-order valence-corrected chi connectivity index (χ3v) is 3.64. The first kappa shape index (κ1) is 16.5. The van der Waals surface area contributed by atoms with E-state index in [1.54, 1.807) is 26.3 Å². The number of amides is 1. The molecule has 0 atom stereocenters. The molecule has 1 aromatic heterocycles. The maximum Gasteiger partial charge on any atom is 0.339 e. The first-order valence-electron chi connectivity index (χ1n) is 7.72. The molecule has 2 aromatic rings. The number of methoxy groups -OCH3 is 1. The number of anilines is 2. The average Bonchev–Trinajstić information content (AvgIpc) is 2.94. The zero-order valence-electron chi connectivity index (χ0n) is 13.8. The SMILES string of the molecule is CCOC(=O)c1cnc2c(c1)/C(=C/Nc1ccccc1OC)C(=O)N2. The van der Waals surface area contributed by atoms with Crippen molar-refractivity contribution in [3.8, 4) is 5.75 Å². The molecule has 2 N–H and O–H groups in total. The van der Waals surface area contributed by atoms with Gasteiger partial charge in [-0.05, 0) is 25.1 Å². The van der Waals surface area contributed by atoms with Gasteiger partial charge in [0.15, 0.2) is 0 Å². The fourth-order valence-corrected chi connectivity index (χ4v) is 2.45. The van der Waals surface area contributed by atoms with Crippen molar-refractivity contribution in [1.29, 1.82) is 0 Å². The van der Waals surface area contributed by atoms with E-state index in [1.165, 1.54) is 6.20 Å². The Morgan fingerprint density at radius 1 is 1.36 bits per heavy atom. The van der Waals surface area contributed by atoms with Crippen LogP contribution in [0.4, 0.5) is 11.5 Å². The van der Waals surface area contributed by atoms with Gasteiger partial charge < -0.3 is 20.1 Å². The lowest BCUT2D eigenvalue weighted by Gasteiger charge is -2.08. The van der Waals surface area contributed by atoms with Crippen LogP contribution < -0.4 is 15.4 Å². The lowest BCUT2D eigenvalue weighted by Crippen LogP contribution is -2.06. The first-order chi connectivity index (χ1) is 12.1. The highest BCUT2D eigenvalue weighted by Crippen LogP contribution is 2.31. The van der Waals surface area contributed by atoms with E-state index in [1.807, 2.05) is 24.3 Å². The molecule has 1 aliphatic rings. The topological polar surface area (TPSA) is 89.6 Å². The quantitative estimate of drug-likeness (QED) is 0.643. The van der Waals surface area contributed by atoms with Gasteiger partial charge in [0.25, 0.3) is 5.91 Å². The second kappa shape index (κ2) is 7.04. The third-order valence-electron chi connectivity index (χ3n) is 3.64. The van der Waals surface area contributed by atoms with Crippen LogP contribution in [0.1, 0.15) is 22.8 Å². The highest BCUT2D eigenvalue weighted by Gasteiger charge is 2.27. The summed E-state index contributed by atoms with van der Waals surface area (Å²) in [7, 11) is 1.57. The van der Waals surface area contributed by atoms with E-state index in [2.05, 4.69) is 15.6 Å². The van der Waals surface area contributed by atoms with Gasteiger partial charge in [-0.3, -0.25) is 4.79 Å². The van der Waals surface area contributed by atoms with Crippen LogP contribution in [-0.4, -0.2) is 30.6 Å². The highest BCUT2D eigenvalue weighted by molar-refractivity contribution is 6.31. The van der Waals surface area contributed by atoms with Crippen LogP contribution >= 0.6 is 0 Å². The molecule has 2 heterocycles. The Labute approximate surface area is 144 Å². The van der Waals surface area contributed by atoms with Crippen molar-refractivity contribution >= 4 is 29.0 Å². The van der Waals surface area contributed by atoms with Gasteiger partial charge in [0.05, 0.1) is 30.5 Å². The standard InChI is InChI=1S/C18H17N3O4/c1-3-25-18(23)11-8-12-13(17(22)21-16(12)20-9-11)10-19-14-6-4-5-7-15(14)24-2/h4-10,19H,3H2,1-2H3,(H,20,21,22)/b13-10-. The second-order valence-corrected chi connectivity index (χ2v) is 5.20.